The molecule has 2 aliphatic rings. The van der Waals surface area contributed by atoms with E-state index in [1.54, 1.807) is 0 Å². The maximum Gasteiger partial charge on any atom is 0.226 e. The average molecular weight is 167 g/mol. The first-order chi connectivity index (χ1) is 5.62. The van der Waals surface area contributed by atoms with E-state index >= 15 is 0 Å². The summed E-state index contributed by atoms with van der Waals surface area (Å²) in [7, 11) is 0. The van der Waals surface area contributed by atoms with Crippen molar-refractivity contribution < 1.29 is 4.79 Å². The van der Waals surface area contributed by atoms with Crippen molar-refractivity contribution in [3.8, 4) is 0 Å². The molecule has 2 nitrogen and oxygen atoms in total. The number of carbonyl (C=O) groups is 1. The third-order valence-electron chi connectivity index (χ3n) is 3.43. The number of carbonyl (C=O) groups excluding carboxylic acids is 1. The Morgan fingerprint density at radius 3 is 2.42 bits per heavy atom. The Morgan fingerprint density at radius 1 is 1.50 bits per heavy atom. The van der Waals surface area contributed by atoms with Gasteiger partial charge in [0.25, 0.3) is 0 Å². The molecule has 2 heteroatoms. The Kier molecular flexibility index (Phi) is 1.67. The summed E-state index contributed by atoms with van der Waals surface area (Å²) in [6.07, 6.45) is 4.58. The smallest absolute Gasteiger partial charge is 0.226 e. The second kappa shape index (κ2) is 2.48. The van der Waals surface area contributed by atoms with Crippen molar-refractivity contribution in [2.75, 3.05) is 0 Å². The number of amides is 1. The molecule has 2 fully saturated rings. The van der Waals surface area contributed by atoms with Gasteiger partial charge >= 0.3 is 0 Å². The van der Waals surface area contributed by atoms with Crippen LogP contribution in [0.2, 0.25) is 0 Å². The summed E-state index contributed by atoms with van der Waals surface area (Å²) >= 11 is 0. The van der Waals surface area contributed by atoms with Crippen LogP contribution in [0.25, 0.3) is 0 Å². The molecule has 68 valence electrons. The van der Waals surface area contributed by atoms with Crippen LogP contribution in [0.1, 0.15) is 39.5 Å². The molecule has 0 aromatic rings. The van der Waals surface area contributed by atoms with E-state index in [9.17, 15) is 4.79 Å². The van der Waals surface area contributed by atoms with Crippen molar-refractivity contribution in [2.24, 2.45) is 11.3 Å². The van der Waals surface area contributed by atoms with E-state index in [1.165, 1.54) is 12.8 Å². The van der Waals surface area contributed by atoms with Gasteiger partial charge in [-0.05, 0) is 25.2 Å². The molecule has 0 bridgehead atoms. The summed E-state index contributed by atoms with van der Waals surface area (Å²) in [5.41, 5.74) is -0.0116. The van der Waals surface area contributed by atoms with Gasteiger partial charge in [-0.25, -0.2) is 0 Å². The summed E-state index contributed by atoms with van der Waals surface area (Å²) in [6.45, 7) is 4.27. The lowest BCUT2D eigenvalue weighted by Crippen LogP contribution is -2.44. The molecule has 0 radical (unpaired) electrons. The van der Waals surface area contributed by atoms with E-state index in [-0.39, 0.29) is 5.41 Å². The quantitative estimate of drug-likeness (QED) is 0.666. The highest BCUT2D eigenvalue weighted by atomic mass is 16.2. The molecule has 0 heterocycles. The van der Waals surface area contributed by atoms with E-state index in [4.69, 9.17) is 0 Å². The summed E-state index contributed by atoms with van der Waals surface area (Å²) < 4.78 is 0. The van der Waals surface area contributed by atoms with Gasteiger partial charge in [0.05, 0.1) is 0 Å². The van der Waals surface area contributed by atoms with Gasteiger partial charge in [-0.3, -0.25) is 4.79 Å². The van der Waals surface area contributed by atoms with Crippen molar-refractivity contribution in [2.45, 2.75) is 45.6 Å². The molecule has 2 atom stereocenters. The maximum atomic E-state index is 11.6. The average Bonchev–Trinajstić information content (AvgIpc) is 2.61. The zero-order valence-corrected chi connectivity index (χ0v) is 7.89. The summed E-state index contributed by atoms with van der Waals surface area (Å²) in [6, 6.07) is 0.495. The largest absolute Gasteiger partial charge is 0.353 e. The zero-order chi connectivity index (χ0) is 8.77. The van der Waals surface area contributed by atoms with E-state index in [2.05, 4.69) is 19.2 Å². The SMILES string of the molecule is C[C@@H]1C[C@H]1NC(=O)C1(C)CCC1. The topological polar surface area (TPSA) is 29.1 Å². The molecule has 0 spiro atoms. The van der Waals surface area contributed by atoms with Crippen molar-refractivity contribution in [1.29, 1.82) is 0 Å². The first-order valence-electron chi connectivity index (χ1n) is 4.93. The minimum Gasteiger partial charge on any atom is -0.353 e. The summed E-state index contributed by atoms with van der Waals surface area (Å²) in [5, 5.41) is 3.11. The van der Waals surface area contributed by atoms with Gasteiger partial charge < -0.3 is 5.32 Å². The van der Waals surface area contributed by atoms with Crippen LogP contribution in [-0.2, 0) is 4.79 Å². The molecule has 12 heavy (non-hydrogen) atoms. The molecule has 1 amide bonds. The second-order valence-corrected chi connectivity index (χ2v) is 4.71. The predicted octanol–water partition coefficient (Wildman–Crippen LogP) is 1.70. The van der Waals surface area contributed by atoms with Gasteiger partial charge in [-0.15, -0.1) is 0 Å². The lowest BCUT2D eigenvalue weighted by molar-refractivity contribution is -0.134. The lowest BCUT2D eigenvalue weighted by atomic mass is 9.70. The zero-order valence-electron chi connectivity index (χ0n) is 7.89. The van der Waals surface area contributed by atoms with Crippen molar-refractivity contribution in [3.63, 3.8) is 0 Å². The van der Waals surface area contributed by atoms with E-state index in [0.717, 1.165) is 18.8 Å². The molecule has 0 unspecified atom stereocenters. The summed E-state index contributed by atoms with van der Waals surface area (Å²) in [4.78, 5) is 11.6. The van der Waals surface area contributed by atoms with Crippen molar-refractivity contribution in [1.82, 2.24) is 5.32 Å². The molecular formula is C10H17NO. The number of hydrogen-bond donors (Lipinski definition) is 1. The molecule has 0 aromatic carbocycles. The number of nitrogens with one attached hydrogen (secondary N) is 1. The van der Waals surface area contributed by atoms with Crippen LogP contribution in [0.3, 0.4) is 0 Å². The highest BCUT2D eigenvalue weighted by Crippen LogP contribution is 2.41. The fourth-order valence-electron chi connectivity index (χ4n) is 1.80. The van der Waals surface area contributed by atoms with Crippen LogP contribution in [0.15, 0.2) is 0 Å². The van der Waals surface area contributed by atoms with Crippen LogP contribution in [0, 0.1) is 11.3 Å². The van der Waals surface area contributed by atoms with Crippen LogP contribution < -0.4 is 5.32 Å². The van der Waals surface area contributed by atoms with Gasteiger partial charge in [-0.2, -0.15) is 0 Å². The lowest BCUT2D eigenvalue weighted by Gasteiger charge is -2.36. The number of rotatable bonds is 2. The molecule has 1 N–H and O–H groups in total. The highest BCUT2D eigenvalue weighted by molar-refractivity contribution is 5.83. The molecule has 2 rings (SSSR count). The van der Waals surface area contributed by atoms with Gasteiger partial charge in [0.1, 0.15) is 0 Å². The highest BCUT2D eigenvalue weighted by Gasteiger charge is 2.43. The molecule has 2 saturated carbocycles. The van der Waals surface area contributed by atoms with Gasteiger partial charge in [0.2, 0.25) is 5.91 Å². The van der Waals surface area contributed by atoms with Gasteiger partial charge in [0, 0.05) is 11.5 Å². The monoisotopic (exact) mass is 167 g/mol. The van der Waals surface area contributed by atoms with Gasteiger partial charge in [0.15, 0.2) is 0 Å². The Hall–Kier alpha value is -0.530. The van der Waals surface area contributed by atoms with Crippen LogP contribution in [0.5, 0.6) is 0 Å². The molecule has 2 aliphatic carbocycles. The first-order valence-corrected chi connectivity index (χ1v) is 4.93. The maximum absolute atomic E-state index is 11.6. The Balaban J connectivity index is 1.84. The first kappa shape index (κ1) is 8.09. The fraction of sp³-hybridized carbons (Fsp3) is 0.900. The minimum atomic E-state index is -0.0116. The third-order valence-corrected chi connectivity index (χ3v) is 3.43. The van der Waals surface area contributed by atoms with E-state index in [0.29, 0.717) is 11.9 Å². The minimum absolute atomic E-state index is 0.0116. The van der Waals surface area contributed by atoms with Crippen molar-refractivity contribution >= 4 is 5.91 Å². The standard InChI is InChI=1S/C10H17NO/c1-7-6-8(7)11-9(12)10(2)4-3-5-10/h7-8H,3-6H2,1-2H3,(H,11,12)/t7-,8-/m1/s1. The third kappa shape index (κ3) is 1.23. The number of hydrogen-bond acceptors (Lipinski definition) is 1. The van der Waals surface area contributed by atoms with Crippen LogP contribution >= 0.6 is 0 Å². The fourth-order valence-corrected chi connectivity index (χ4v) is 1.80. The van der Waals surface area contributed by atoms with Gasteiger partial charge in [-0.1, -0.05) is 20.3 Å². The Morgan fingerprint density at radius 2 is 2.08 bits per heavy atom. The second-order valence-electron chi connectivity index (χ2n) is 4.71. The predicted molar refractivity (Wildman–Crippen MR) is 47.7 cm³/mol. The molecule has 0 saturated heterocycles. The van der Waals surface area contributed by atoms with Crippen molar-refractivity contribution in [3.05, 3.63) is 0 Å². The molecule has 0 aliphatic heterocycles. The van der Waals surface area contributed by atoms with E-state index in [1.807, 2.05) is 0 Å². The summed E-state index contributed by atoms with van der Waals surface area (Å²) in [5.74, 6) is 1.01. The van der Waals surface area contributed by atoms with Crippen LogP contribution in [-0.4, -0.2) is 11.9 Å². The van der Waals surface area contributed by atoms with Crippen LogP contribution in [0.4, 0.5) is 0 Å². The molecular weight excluding hydrogens is 150 g/mol. The molecule has 0 aromatic heterocycles. The Labute approximate surface area is 73.7 Å². The normalized spacial score (nSPS) is 36.8. The Bertz CT molecular complexity index is 208. The van der Waals surface area contributed by atoms with E-state index < -0.39 is 0 Å².